The van der Waals surface area contributed by atoms with E-state index in [2.05, 4.69) is 5.32 Å². The van der Waals surface area contributed by atoms with E-state index in [0.29, 0.717) is 17.1 Å². The molecule has 0 aliphatic heterocycles. The number of anilines is 1. The third-order valence-electron chi connectivity index (χ3n) is 3.50. The zero-order chi connectivity index (χ0) is 15.4. The van der Waals surface area contributed by atoms with E-state index in [1.165, 1.54) is 5.56 Å². The van der Waals surface area contributed by atoms with Gasteiger partial charge in [-0.1, -0.05) is 35.9 Å². The van der Waals surface area contributed by atoms with Gasteiger partial charge in [-0.3, -0.25) is 4.79 Å². The predicted molar refractivity (Wildman–Crippen MR) is 88.0 cm³/mol. The summed E-state index contributed by atoms with van der Waals surface area (Å²) in [5.74, 6) is -0.0508. The summed E-state index contributed by atoms with van der Waals surface area (Å²) in [4.78, 5) is 14.3. The molecule has 2 aromatic carbocycles. The number of carbonyl (C=O) groups excluding carboxylic acids is 1. The van der Waals surface area contributed by atoms with Crippen molar-refractivity contribution in [1.82, 2.24) is 4.90 Å². The third kappa shape index (κ3) is 3.56. The monoisotopic (exact) mass is 302 g/mol. The van der Waals surface area contributed by atoms with Crippen LogP contribution in [-0.4, -0.2) is 24.9 Å². The first-order chi connectivity index (χ1) is 10.0. The lowest BCUT2D eigenvalue weighted by Gasteiger charge is -2.20. The van der Waals surface area contributed by atoms with Gasteiger partial charge in [-0.05, 0) is 36.2 Å². The lowest BCUT2D eigenvalue weighted by molar-refractivity contribution is 0.0786. The molecule has 0 atom stereocenters. The fourth-order valence-corrected chi connectivity index (χ4v) is 2.40. The van der Waals surface area contributed by atoms with Crippen molar-refractivity contribution < 1.29 is 4.79 Å². The van der Waals surface area contributed by atoms with E-state index >= 15 is 0 Å². The molecule has 0 saturated carbocycles. The molecule has 0 heterocycles. The van der Waals surface area contributed by atoms with Gasteiger partial charge < -0.3 is 10.2 Å². The van der Waals surface area contributed by atoms with Crippen LogP contribution in [0.15, 0.2) is 42.5 Å². The van der Waals surface area contributed by atoms with Crippen LogP contribution in [0.1, 0.15) is 21.5 Å². The summed E-state index contributed by atoms with van der Waals surface area (Å²) < 4.78 is 0. The Bertz CT molecular complexity index is 655. The second-order valence-electron chi connectivity index (χ2n) is 5.03. The SMILES string of the molecule is CNc1ccc(Cl)cc1C(=O)N(C)Cc1ccccc1C. The fraction of sp³-hybridized carbons (Fsp3) is 0.235. The Morgan fingerprint density at radius 1 is 1.24 bits per heavy atom. The number of benzene rings is 2. The van der Waals surface area contributed by atoms with Gasteiger partial charge in [0.15, 0.2) is 0 Å². The highest BCUT2D eigenvalue weighted by molar-refractivity contribution is 6.31. The van der Waals surface area contributed by atoms with Crippen LogP contribution < -0.4 is 5.32 Å². The minimum absolute atomic E-state index is 0.0508. The molecule has 3 nitrogen and oxygen atoms in total. The molecule has 4 heteroatoms. The summed E-state index contributed by atoms with van der Waals surface area (Å²) in [7, 11) is 3.59. The summed E-state index contributed by atoms with van der Waals surface area (Å²) in [6, 6.07) is 13.4. The first kappa shape index (κ1) is 15.4. The number of nitrogens with zero attached hydrogens (tertiary/aromatic N) is 1. The van der Waals surface area contributed by atoms with Crippen LogP contribution in [-0.2, 0) is 6.54 Å². The molecule has 0 aliphatic rings. The number of amides is 1. The van der Waals surface area contributed by atoms with Crippen molar-refractivity contribution in [2.45, 2.75) is 13.5 Å². The average molecular weight is 303 g/mol. The zero-order valence-electron chi connectivity index (χ0n) is 12.5. The van der Waals surface area contributed by atoms with Crippen molar-refractivity contribution in [3.05, 3.63) is 64.2 Å². The summed E-state index contributed by atoms with van der Waals surface area (Å²) >= 11 is 6.01. The van der Waals surface area contributed by atoms with Gasteiger partial charge in [0.2, 0.25) is 0 Å². The van der Waals surface area contributed by atoms with Gasteiger partial charge in [-0.2, -0.15) is 0 Å². The molecule has 1 amide bonds. The van der Waals surface area contributed by atoms with Crippen LogP contribution in [0.2, 0.25) is 5.02 Å². The van der Waals surface area contributed by atoms with Crippen molar-refractivity contribution in [2.24, 2.45) is 0 Å². The Hall–Kier alpha value is -2.00. The predicted octanol–water partition coefficient (Wildman–Crippen LogP) is 3.96. The second-order valence-corrected chi connectivity index (χ2v) is 5.46. The normalized spacial score (nSPS) is 10.3. The Labute approximate surface area is 130 Å². The zero-order valence-corrected chi connectivity index (χ0v) is 13.2. The van der Waals surface area contributed by atoms with Crippen LogP contribution >= 0.6 is 11.6 Å². The number of hydrogen-bond acceptors (Lipinski definition) is 2. The minimum Gasteiger partial charge on any atom is -0.387 e. The lowest BCUT2D eigenvalue weighted by Crippen LogP contribution is -2.27. The second kappa shape index (κ2) is 6.64. The summed E-state index contributed by atoms with van der Waals surface area (Å²) in [6.07, 6.45) is 0. The summed E-state index contributed by atoms with van der Waals surface area (Å²) in [5, 5.41) is 3.58. The smallest absolute Gasteiger partial charge is 0.256 e. The highest BCUT2D eigenvalue weighted by atomic mass is 35.5. The highest BCUT2D eigenvalue weighted by Gasteiger charge is 2.16. The van der Waals surface area contributed by atoms with Crippen molar-refractivity contribution in [3.8, 4) is 0 Å². The molecule has 0 spiro atoms. The van der Waals surface area contributed by atoms with E-state index in [1.807, 2.05) is 37.3 Å². The molecule has 1 N–H and O–H groups in total. The standard InChI is InChI=1S/C17H19ClN2O/c1-12-6-4-5-7-13(12)11-20(3)17(21)15-10-14(18)8-9-16(15)19-2/h4-10,19H,11H2,1-3H3. The van der Waals surface area contributed by atoms with Gasteiger partial charge in [0.1, 0.15) is 0 Å². The van der Waals surface area contributed by atoms with Crippen molar-refractivity contribution in [2.75, 3.05) is 19.4 Å². The van der Waals surface area contributed by atoms with Crippen LogP contribution in [0, 0.1) is 6.92 Å². The summed E-state index contributed by atoms with van der Waals surface area (Å²) in [5.41, 5.74) is 3.68. The number of carbonyl (C=O) groups is 1. The van der Waals surface area contributed by atoms with E-state index in [1.54, 1.807) is 31.1 Å². The van der Waals surface area contributed by atoms with E-state index < -0.39 is 0 Å². The van der Waals surface area contributed by atoms with Gasteiger partial charge >= 0.3 is 0 Å². The van der Waals surface area contributed by atoms with Gasteiger partial charge in [0, 0.05) is 31.4 Å². The Morgan fingerprint density at radius 3 is 2.62 bits per heavy atom. The maximum atomic E-state index is 12.6. The molecule has 2 aromatic rings. The Balaban J connectivity index is 2.24. The maximum Gasteiger partial charge on any atom is 0.256 e. The number of halogens is 1. The molecule has 21 heavy (non-hydrogen) atoms. The van der Waals surface area contributed by atoms with Crippen molar-refractivity contribution >= 4 is 23.2 Å². The van der Waals surface area contributed by atoms with Gasteiger partial charge in [0.25, 0.3) is 5.91 Å². The molecule has 0 aliphatic carbocycles. The molecular formula is C17H19ClN2O. The van der Waals surface area contributed by atoms with Crippen molar-refractivity contribution in [1.29, 1.82) is 0 Å². The van der Waals surface area contributed by atoms with Gasteiger partial charge in [-0.25, -0.2) is 0 Å². The third-order valence-corrected chi connectivity index (χ3v) is 3.73. The van der Waals surface area contributed by atoms with Crippen LogP contribution in [0.5, 0.6) is 0 Å². The molecule has 0 unspecified atom stereocenters. The Morgan fingerprint density at radius 2 is 1.95 bits per heavy atom. The minimum atomic E-state index is -0.0508. The first-order valence-electron chi connectivity index (χ1n) is 6.80. The van der Waals surface area contributed by atoms with Crippen LogP contribution in [0.4, 0.5) is 5.69 Å². The molecule has 0 radical (unpaired) electrons. The van der Waals surface area contributed by atoms with E-state index in [9.17, 15) is 4.79 Å². The highest BCUT2D eigenvalue weighted by Crippen LogP contribution is 2.22. The molecule has 0 aromatic heterocycles. The van der Waals surface area contributed by atoms with E-state index in [4.69, 9.17) is 11.6 Å². The lowest BCUT2D eigenvalue weighted by atomic mass is 10.1. The molecule has 0 bridgehead atoms. The molecule has 0 saturated heterocycles. The van der Waals surface area contributed by atoms with Crippen molar-refractivity contribution in [3.63, 3.8) is 0 Å². The molecule has 110 valence electrons. The topological polar surface area (TPSA) is 32.3 Å². The van der Waals surface area contributed by atoms with Gasteiger partial charge in [-0.15, -0.1) is 0 Å². The molecule has 0 fully saturated rings. The number of hydrogen-bond donors (Lipinski definition) is 1. The number of rotatable bonds is 4. The quantitative estimate of drug-likeness (QED) is 0.927. The van der Waals surface area contributed by atoms with E-state index in [-0.39, 0.29) is 5.91 Å². The number of nitrogens with one attached hydrogen (secondary N) is 1. The van der Waals surface area contributed by atoms with E-state index in [0.717, 1.165) is 11.3 Å². The first-order valence-corrected chi connectivity index (χ1v) is 7.18. The Kier molecular flexibility index (Phi) is 4.86. The summed E-state index contributed by atoms with van der Waals surface area (Å²) in [6.45, 7) is 2.62. The average Bonchev–Trinajstić information content (AvgIpc) is 2.48. The molecule has 2 rings (SSSR count). The fourth-order valence-electron chi connectivity index (χ4n) is 2.23. The number of aryl methyl sites for hydroxylation is 1. The molecular weight excluding hydrogens is 284 g/mol. The maximum absolute atomic E-state index is 12.6. The largest absolute Gasteiger partial charge is 0.387 e. The van der Waals surface area contributed by atoms with Gasteiger partial charge in [0.05, 0.1) is 5.56 Å². The van der Waals surface area contributed by atoms with Crippen LogP contribution in [0.3, 0.4) is 0 Å². The van der Waals surface area contributed by atoms with Crippen LogP contribution in [0.25, 0.3) is 0 Å².